The normalized spacial score (nSPS) is 10.0. The minimum Gasteiger partial charge on any atom is -0.493 e. The number of hydrogen-bond acceptors (Lipinski definition) is 4. The summed E-state index contributed by atoms with van der Waals surface area (Å²) >= 11 is 0. The van der Waals surface area contributed by atoms with Gasteiger partial charge in [0.25, 0.3) is 5.91 Å². The van der Waals surface area contributed by atoms with Crippen LogP contribution >= 0.6 is 0 Å². The molecule has 0 radical (unpaired) electrons. The molecule has 132 valence electrons. The highest BCUT2D eigenvalue weighted by Crippen LogP contribution is 2.28. The standard InChI is InChI=1S/C19H22N2O4/c1-20-19(23)14-6-8-15(9-7-14)21-18(22)11-5-13-4-10-16(24-2)17(12-13)25-3/h4,6-10,12H,5,11H2,1-3H3,(H,20,23)(H,21,22). The molecule has 0 spiro atoms. The Morgan fingerprint density at radius 3 is 2.24 bits per heavy atom. The van der Waals surface area contributed by atoms with Crippen LogP contribution in [0.1, 0.15) is 22.3 Å². The number of methoxy groups -OCH3 is 2. The quantitative estimate of drug-likeness (QED) is 0.811. The number of ether oxygens (including phenoxy) is 2. The summed E-state index contributed by atoms with van der Waals surface area (Å²) in [6.07, 6.45) is 0.926. The van der Waals surface area contributed by atoms with Crippen LogP contribution in [-0.4, -0.2) is 33.1 Å². The SMILES string of the molecule is CNC(=O)c1ccc(NC(=O)CCc2ccc(OC)c(OC)c2)cc1. The molecule has 0 atom stereocenters. The van der Waals surface area contributed by atoms with Gasteiger partial charge in [-0.25, -0.2) is 0 Å². The number of rotatable bonds is 7. The van der Waals surface area contributed by atoms with Crippen LogP contribution < -0.4 is 20.1 Å². The molecule has 0 unspecified atom stereocenters. The molecule has 0 heterocycles. The van der Waals surface area contributed by atoms with Crippen molar-refractivity contribution in [1.82, 2.24) is 5.32 Å². The highest BCUT2D eigenvalue weighted by atomic mass is 16.5. The zero-order valence-corrected chi connectivity index (χ0v) is 14.6. The lowest BCUT2D eigenvalue weighted by Crippen LogP contribution is -2.18. The molecular weight excluding hydrogens is 320 g/mol. The van der Waals surface area contributed by atoms with Crippen molar-refractivity contribution in [3.05, 3.63) is 53.6 Å². The Morgan fingerprint density at radius 1 is 0.960 bits per heavy atom. The Bertz CT molecular complexity index is 742. The molecule has 2 rings (SSSR count). The maximum absolute atomic E-state index is 12.1. The van der Waals surface area contributed by atoms with Crippen molar-refractivity contribution in [3.8, 4) is 11.5 Å². The summed E-state index contributed by atoms with van der Waals surface area (Å²) in [5.41, 5.74) is 2.19. The second-order valence-electron chi connectivity index (χ2n) is 5.39. The molecule has 0 bridgehead atoms. The van der Waals surface area contributed by atoms with E-state index < -0.39 is 0 Å². The number of amides is 2. The molecule has 6 heteroatoms. The van der Waals surface area contributed by atoms with Gasteiger partial charge in [0.1, 0.15) is 0 Å². The smallest absolute Gasteiger partial charge is 0.251 e. The van der Waals surface area contributed by atoms with Crippen molar-refractivity contribution in [2.75, 3.05) is 26.6 Å². The topological polar surface area (TPSA) is 76.7 Å². The fourth-order valence-electron chi connectivity index (χ4n) is 2.37. The van der Waals surface area contributed by atoms with Gasteiger partial charge in [-0.1, -0.05) is 6.07 Å². The minimum absolute atomic E-state index is 0.0949. The largest absolute Gasteiger partial charge is 0.493 e. The molecule has 6 nitrogen and oxygen atoms in total. The Balaban J connectivity index is 1.91. The van der Waals surface area contributed by atoms with Gasteiger partial charge in [-0.15, -0.1) is 0 Å². The molecular formula is C19H22N2O4. The Morgan fingerprint density at radius 2 is 1.64 bits per heavy atom. The van der Waals surface area contributed by atoms with E-state index in [9.17, 15) is 9.59 Å². The molecule has 0 saturated heterocycles. The Labute approximate surface area is 147 Å². The number of benzene rings is 2. The first-order chi connectivity index (χ1) is 12.1. The summed E-state index contributed by atoms with van der Waals surface area (Å²) in [5.74, 6) is 1.05. The fourth-order valence-corrected chi connectivity index (χ4v) is 2.37. The monoisotopic (exact) mass is 342 g/mol. The Kier molecular flexibility index (Phi) is 6.39. The highest BCUT2D eigenvalue weighted by Gasteiger charge is 2.08. The van der Waals surface area contributed by atoms with Gasteiger partial charge in [0.2, 0.25) is 5.91 Å². The first-order valence-corrected chi connectivity index (χ1v) is 7.90. The van der Waals surface area contributed by atoms with Crippen LogP contribution in [0.4, 0.5) is 5.69 Å². The van der Waals surface area contributed by atoms with Crippen molar-refractivity contribution >= 4 is 17.5 Å². The van der Waals surface area contributed by atoms with Gasteiger partial charge >= 0.3 is 0 Å². The number of anilines is 1. The number of carbonyl (C=O) groups excluding carboxylic acids is 2. The van der Waals surface area contributed by atoms with E-state index in [1.165, 1.54) is 0 Å². The van der Waals surface area contributed by atoms with E-state index in [2.05, 4.69) is 10.6 Å². The number of nitrogens with one attached hydrogen (secondary N) is 2. The summed E-state index contributed by atoms with van der Waals surface area (Å²) in [4.78, 5) is 23.6. The van der Waals surface area contributed by atoms with E-state index in [0.29, 0.717) is 35.6 Å². The predicted molar refractivity (Wildman–Crippen MR) is 96.3 cm³/mol. The van der Waals surface area contributed by atoms with Gasteiger partial charge in [-0.3, -0.25) is 9.59 Å². The highest BCUT2D eigenvalue weighted by molar-refractivity contribution is 5.95. The van der Waals surface area contributed by atoms with Gasteiger partial charge in [-0.05, 0) is 48.4 Å². The number of carbonyl (C=O) groups is 2. The average molecular weight is 342 g/mol. The minimum atomic E-state index is -0.161. The van der Waals surface area contributed by atoms with Crippen LogP contribution in [-0.2, 0) is 11.2 Å². The van der Waals surface area contributed by atoms with Crippen molar-refractivity contribution < 1.29 is 19.1 Å². The maximum atomic E-state index is 12.1. The van der Waals surface area contributed by atoms with Gasteiger partial charge in [-0.2, -0.15) is 0 Å². The second-order valence-corrected chi connectivity index (χ2v) is 5.39. The summed E-state index contributed by atoms with van der Waals surface area (Å²) in [5, 5.41) is 5.37. The van der Waals surface area contributed by atoms with Crippen molar-refractivity contribution in [1.29, 1.82) is 0 Å². The number of hydrogen-bond donors (Lipinski definition) is 2. The molecule has 0 fully saturated rings. The second kappa shape index (κ2) is 8.73. The van der Waals surface area contributed by atoms with Gasteiger partial charge in [0.05, 0.1) is 14.2 Å². The number of aryl methyl sites for hydroxylation is 1. The zero-order chi connectivity index (χ0) is 18.2. The van der Waals surface area contributed by atoms with Crippen LogP contribution in [0.5, 0.6) is 11.5 Å². The molecule has 0 saturated carbocycles. The fraction of sp³-hybridized carbons (Fsp3) is 0.263. The Hall–Kier alpha value is -3.02. The summed E-state index contributed by atoms with van der Waals surface area (Å²) in [7, 11) is 4.74. The molecule has 0 aromatic heterocycles. The van der Waals surface area contributed by atoms with Crippen molar-refractivity contribution in [3.63, 3.8) is 0 Å². The first-order valence-electron chi connectivity index (χ1n) is 7.90. The van der Waals surface area contributed by atoms with E-state index in [4.69, 9.17) is 9.47 Å². The van der Waals surface area contributed by atoms with Crippen LogP contribution in [0, 0.1) is 0 Å². The van der Waals surface area contributed by atoms with Crippen LogP contribution in [0.3, 0.4) is 0 Å². The molecule has 0 aliphatic carbocycles. The van der Waals surface area contributed by atoms with Crippen molar-refractivity contribution in [2.45, 2.75) is 12.8 Å². The lowest BCUT2D eigenvalue weighted by atomic mass is 10.1. The van der Waals surface area contributed by atoms with Gasteiger partial charge in [0, 0.05) is 24.7 Å². The third-order valence-corrected chi connectivity index (χ3v) is 3.75. The lowest BCUT2D eigenvalue weighted by Gasteiger charge is -2.10. The van der Waals surface area contributed by atoms with E-state index >= 15 is 0 Å². The molecule has 2 aromatic carbocycles. The third kappa shape index (κ3) is 4.97. The third-order valence-electron chi connectivity index (χ3n) is 3.75. The summed E-state index contributed by atoms with van der Waals surface area (Å²) < 4.78 is 10.5. The van der Waals surface area contributed by atoms with Gasteiger partial charge < -0.3 is 20.1 Å². The first kappa shape index (κ1) is 18.3. The molecule has 2 aromatic rings. The van der Waals surface area contributed by atoms with Crippen molar-refractivity contribution in [2.24, 2.45) is 0 Å². The molecule has 0 aliphatic heterocycles. The van der Waals surface area contributed by atoms with Crippen LogP contribution in [0.25, 0.3) is 0 Å². The molecule has 0 aliphatic rings. The maximum Gasteiger partial charge on any atom is 0.251 e. The van der Waals surface area contributed by atoms with E-state index in [1.54, 1.807) is 45.5 Å². The van der Waals surface area contributed by atoms with Gasteiger partial charge in [0.15, 0.2) is 11.5 Å². The van der Waals surface area contributed by atoms with Crippen LogP contribution in [0.2, 0.25) is 0 Å². The molecule has 2 amide bonds. The van der Waals surface area contributed by atoms with E-state index in [0.717, 1.165) is 5.56 Å². The summed E-state index contributed by atoms with van der Waals surface area (Å²) in [6, 6.07) is 12.4. The lowest BCUT2D eigenvalue weighted by molar-refractivity contribution is -0.116. The predicted octanol–water partition coefficient (Wildman–Crippen LogP) is 2.63. The van der Waals surface area contributed by atoms with E-state index in [-0.39, 0.29) is 11.8 Å². The van der Waals surface area contributed by atoms with E-state index in [1.807, 2.05) is 18.2 Å². The zero-order valence-electron chi connectivity index (χ0n) is 14.6. The molecule has 2 N–H and O–H groups in total. The molecule has 25 heavy (non-hydrogen) atoms. The summed E-state index contributed by atoms with van der Waals surface area (Å²) in [6.45, 7) is 0. The average Bonchev–Trinajstić information content (AvgIpc) is 2.66. The van der Waals surface area contributed by atoms with Crippen LogP contribution in [0.15, 0.2) is 42.5 Å².